The summed E-state index contributed by atoms with van der Waals surface area (Å²) >= 11 is 5.80. The molecule has 1 aromatic carbocycles. The topological polar surface area (TPSA) is 47.8 Å². The number of rotatable bonds is 3. The zero-order valence-corrected chi connectivity index (χ0v) is 9.78. The largest absolute Gasteiger partial charge is 0.294 e. The summed E-state index contributed by atoms with van der Waals surface area (Å²) in [5, 5.41) is 3.97. The van der Waals surface area contributed by atoms with Crippen molar-refractivity contribution in [3.8, 4) is 0 Å². The quantitative estimate of drug-likeness (QED) is 0.787. The maximum atomic E-state index is 12.8. The van der Waals surface area contributed by atoms with Crippen LogP contribution in [-0.2, 0) is 13.5 Å². The highest BCUT2D eigenvalue weighted by molar-refractivity contribution is 6.34. The molecule has 0 aliphatic rings. The van der Waals surface area contributed by atoms with Crippen molar-refractivity contribution in [2.75, 3.05) is 0 Å². The van der Waals surface area contributed by atoms with Gasteiger partial charge < -0.3 is 0 Å². The van der Waals surface area contributed by atoms with Crippen LogP contribution in [0, 0.1) is 5.82 Å². The second-order valence-electron chi connectivity index (χ2n) is 3.52. The SMILES string of the molecule is Cn1ncnc1CC(=O)c1ccc(F)cc1Cl. The van der Waals surface area contributed by atoms with Crippen LogP contribution in [0.4, 0.5) is 4.39 Å². The Morgan fingerprint density at radius 3 is 2.88 bits per heavy atom. The Bertz CT molecular complexity index is 568. The van der Waals surface area contributed by atoms with Crippen molar-refractivity contribution >= 4 is 17.4 Å². The third-order valence-electron chi connectivity index (χ3n) is 2.36. The minimum absolute atomic E-state index is 0.0852. The molecular formula is C11H9ClFN3O. The summed E-state index contributed by atoms with van der Waals surface area (Å²) in [6.45, 7) is 0. The van der Waals surface area contributed by atoms with E-state index in [1.54, 1.807) is 7.05 Å². The van der Waals surface area contributed by atoms with Crippen molar-refractivity contribution < 1.29 is 9.18 Å². The number of ketones is 1. The van der Waals surface area contributed by atoms with Gasteiger partial charge in [0.15, 0.2) is 5.78 Å². The summed E-state index contributed by atoms with van der Waals surface area (Å²) in [6.07, 6.45) is 1.46. The number of Topliss-reactive ketones (excluding diaryl/α,β-unsaturated/α-hetero) is 1. The average molecular weight is 254 g/mol. The Morgan fingerprint density at radius 1 is 1.53 bits per heavy atom. The average Bonchev–Trinajstić information content (AvgIpc) is 2.64. The molecule has 17 heavy (non-hydrogen) atoms. The van der Waals surface area contributed by atoms with E-state index in [9.17, 15) is 9.18 Å². The summed E-state index contributed by atoms with van der Waals surface area (Å²) in [4.78, 5) is 15.9. The molecule has 0 spiro atoms. The van der Waals surface area contributed by atoms with Crippen molar-refractivity contribution in [1.29, 1.82) is 0 Å². The van der Waals surface area contributed by atoms with Crippen LogP contribution in [0.5, 0.6) is 0 Å². The molecule has 0 unspecified atom stereocenters. The summed E-state index contributed by atoms with van der Waals surface area (Å²) in [5.41, 5.74) is 0.288. The standard InChI is InChI=1S/C11H9ClFN3O/c1-16-11(14-6-15-16)5-10(17)8-3-2-7(13)4-9(8)12/h2-4,6H,5H2,1H3. The zero-order chi connectivity index (χ0) is 12.4. The maximum Gasteiger partial charge on any atom is 0.171 e. The minimum atomic E-state index is -0.467. The molecule has 0 fully saturated rings. The van der Waals surface area contributed by atoms with Gasteiger partial charge in [0.25, 0.3) is 0 Å². The first kappa shape index (κ1) is 11.7. The van der Waals surface area contributed by atoms with Gasteiger partial charge in [0.05, 0.1) is 11.4 Å². The Hall–Kier alpha value is -1.75. The van der Waals surface area contributed by atoms with Crippen LogP contribution >= 0.6 is 11.6 Å². The molecule has 0 bridgehead atoms. The van der Waals surface area contributed by atoms with Crippen molar-refractivity contribution in [3.05, 3.63) is 46.8 Å². The predicted molar refractivity (Wildman–Crippen MR) is 60.4 cm³/mol. The maximum absolute atomic E-state index is 12.8. The Labute approximate surface area is 102 Å². The fourth-order valence-corrected chi connectivity index (χ4v) is 1.71. The van der Waals surface area contributed by atoms with Gasteiger partial charge in [0.1, 0.15) is 18.0 Å². The second kappa shape index (κ2) is 4.63. The molecule has 0 N–H and O–H groups in total. The van der Waals surface area contributed by atoms with E-state index < -0.39 is 5.82 Å². The molecule has 6 heteroatoms. The van der Waals surface area contributed by atoms with Crippen molar-refractivity contribution in [1.82, 2.24) is 14.8 Å². The van der Waals surface area contributed by atoms with E-state index in [1.165, 1.54) is 23.1 Å². The van der Waals surface area contributed by atoms with Crippen molar-refractivity contribution in [3.63, 3.8) is 0 Å². The molecule has 0 amide bonds. The van der Waals surface area contributed by atoms with Gasteiger partial charge in [0.2, 0.25) is 0 Å². The lowest BCUT2D eigenvalue weighted by atomic mass is 10.1. The van der Waals surface area contributed by atoms with E-state index >= 15 is 0 Å². The number of aromatic nitrogens is 3. The van der Waals surface area contributed by atoms with Crippen LogP contribution in [0.3, 0.4) is 0 Å². The van der Waals surface area contributed by atoms with Crippen LogP contribution in [0.2, 0.25) is 5.02 Å². The van der Waals surface area contributed by atoms with E-state index in [0.717, 1.165) is 6.07 Å². The summed E-state index contributed by atoms with van der Waals surface area (Å²) in [6, 6.07) is 3.69. The molecular weight excluding hydrogens is 245 g/mol. The van der Waals surface area contributed by atoms with E-state index in [0.29, 0.717) is 5.82 Å². The normalized spacial score (nSPS) is 10.5. The number of aryl methyl sites for hydroxylation is 1. The molecule has 0 saturated heterocycles. The highest BCUT2D eigenvalue weighted by atomic mass is 35.5. The van der Waals surface area contributed by atoms with Gasteiger partial charge in [-0.25, -0.2) is 9.37 Å². The van der Waals surface area contributed by atoms with Crippen LogP contribution < -0.4 is 0 Å². The number of carbonyl (C=O) groups is 1. The number of halogens is 2. The van der Waals surface area contributed by atoms with E-state index in [4.69, 9.17) is 11.6 Å². The lowest BCUT2D eigenvalue weighted by molar-refractivity contribution is 0.0989. The van der Waals surface area contributed by atoms with Crippen LogP contribution in [0.25, 0.3) is 0 Å². The van der Waals surface area contributed by atoms with Gasteiger partial charge in [0, 0.05) is 12.6 Å². The molecule has 0 atom stereocenters. The number of hydrogen-bond donors (Lipinski definition) is 0. The van der Waals surface area contributed by atoms with Gasteiger partial charge in [-0.3, -0.25) is 9.48 Å². The number of benzene rings is 1. The Morgan fingerprint density at radius 2 is 2.29 bits per heavy atom. The van der Waals surface area contributed by atoms with E-state index in [2.05, 4.69) is 10.1 Å². The van der Waals surface area contributed by atoms with Gasteiger partial charge in [-0.1, -0.05) is 11.6 Å². The molecule has 2 aromatic rings. The summed E-state index contributed by atoms with van der Waals surface area (Å²) in [7, 11) is 1.70. The van der Waals surface area contributed by atoms with E-state index in [-0.39, 0.29) is 22.8 Å². The fourth-order valence-electron chi connectivity index (χ4n) is 1.43. The summed E-state index contributed by atoms with van der Waals surface area (Å²) < 4.78 is 14.3. The first-order valence-electron chi connectivity index (χ1n) is 4.89. The van der Waals surface area contributed by atoms with Gasteiger partial charge in [-0.05, 0) is 18.2 Å². The summed E-state index contributed by atoms with van der Waals surface area (Å²) in [5.74, 6) is -0.147. The number of hydrogen-bond acceptors (Lipinski definition) is 3. The smallest absolute Gasteiger partial charge is 0.171 e. The molecule has 1 heterocycles. The molecule has 88 valence electrons. The third kappa shape index (κ3) is 2.50. The van der Waals surface area contributed by atoms with Crippen molar-refractivity contribution in [2.24, 2.45) is 7.05 Å². The number of carbonyl (C=O) groups excluding carboxylic acids is 1. The lowest BCUT2D eigenvalue weighted by Crippen LogP contribution is -2.09. The minimum Gasteiger partial charge on any atom is -0.294 e. The molecule has 0 saturated carbocycles. The molecule has 1 aromatic heterocycles. The molecule has 0 aliphatic heterocycles. The van der Waals surface area contributed by atoms with Crippen molar-refractivity contribution in [2.45, 2.75) is 6.42 Å². The van der Waals surface area contributed by atoms with Gasteiger partial charge in [-0.15, -0.1) is 0 Å². The Balaban J connectivity index is 2.23. The fraction of sp³-hybridized carbons (Fsp3) is 0.182. The molecule has 0 aliphatic carbocycles. The molecule has 4 nitrogen and oxygen atoms in total. The molecule has 0 radical (unpaired) electrons. The van der Waals surface area contributed by atoms with Gasteiger partial charge >= 0.3 is 0 Å². The zero-order valence-electron chi connectivity index (χ0n) is 9.02. The highest BCUT2D eigenvalue weighted by Crippen LogP contribution is 2.18. The first-order chi connectivity index (χ1) is 8.08. The number of nitrogens with zero attached hydrogens (tertiary/aromatic N) is 3. The predicted octanol–water partition coefficient (Wildman–Crippen LogP) is 2.03. The Kier molecular flexibility index (Phi) is 3.19. The molecule has 2 rings (SSSR count). The van der Waals surface area contributed by atoms with Gasteiger partial charge in [-0.2, -0.15) is 5.10 Å². The van der Waals surface area contributed by atoms with Crippen LogP contribution in [-0.4, -0.2) is 20.5 Å². The highest BCUT2D eigenvalue weighted by Gasteiger charge is 2.14. The van der Waals surface area contributed by atoms with E-state index in [1.807, 2.05) is 0 Å². The monoisotopic (exact) mass is 253 g/mol. The third-order valence-corrected chi connectivity index (χ3v) is 2.67. The lowest BCUT2D eigenvalue weighted by Gasteiger charge is -2.03. The van der Waals surface area contributed by atoms with Crippen LogP contribution in [0.15, 0.2) is 24.5 Å². The van der Waals surface area contributed by atoms with Crippen LogP contribution in [0.1, 0.15) is 16.2 Å². The first-order valence-corrected chi connectivity index (χ1v) is 5.27. The second-order valence-corrected chi connectivity index (χ2v) is 3.93.